The van der Waals surface area contributed by atoms with Gasteiger partial charge in [0, 0.05) is 11.1 Å². The van der Waals surface area contributed by atoms with E-state index in [2.05, 4.69) is 24.2 Å². The van der Waals surface area contributed by atoms with E-state index in [9.17, 15) is 15.0 Å². The monoisotopic (exact) mass is 481 g/mol. The first-order valence-corrected chi connectivity index (χ1v) is 12.5. The van der Waals surface area contributed by atoms with Gasteiger partial charge < -0.3 is 14.7 Å². The number of aryl methyl sites for hydroxylation is 1. The van der Waals surface area contributed by atoms with Crippen LogP contribution in [0.5, 0.6) is 0 Å². The van der Waals surface area contributed by atoms with Gasteiger partial charge in [-0.1, -0.05) is 90.9 Å². The first-order valence-electron chi connectivity index (χ1n) is 12.5. The summed E-state index contributed by atoms with van der Waals surface area (Å²) in [4.78, 5) is 11.6. The second-order valence-electron chi connectivity index (χ2n) is 10.1. The molecule has 5 heteroatoms. The number of rotatable bonds is 9. The average molecular weight is 482 g/mol. The first kappa shape index (κ1) is 24.0. The number of carboxylic acid groups (broad SMARTS) is 1. The number of hydrogen-bond acceptors (Lipinski definition) is 4. The zero-order valence-electron chi connectivity index (χ0n) is 20.6. The molecule has 2 unspecified atom stereocenters. The molecule has 0 amide bonds. The summed E-state index contributed by atoms with van der Waals surface area (Å²) in [5, 5.41) is 24.4. The molecule has 1 heterocycles. The third-order valence-electron chi connectivity index (χ3n) is 7.42. The molecular weight excluding hydrogens is 450 g/mol. The van der Waals surface area contributed by atoms with Crippen molar-refractivity contribution >= 4 is 5.97 Å². The standard InChI is InChI=1S/C31H31NO4/c1-20(19-28(33)24-6-4-3-5-7-24)18-27-21(2)32-36-29(27)25-10-8-22(9-11-25)23-12-14-26(15-13-23)31(16-17-31)30(34)35/h3-15,20,28,33H,16-19H2,1-2H3,(H,34,35). The Kier molecular flexibility index (Phi) is 6.50. The van der Waals surface area contributed by atoms with Crippen molar-refractivity contribution in [1.29, 1.82) is 0 Å². The van der Waals surface area contributed by atoms with Gasteiger partial charge in [0.2, 0.25) is 0 Å². The van der Waals surface area contributed by atoms with E-state index in [0.29, 0.717) is 19.3 Å². The maximum Gasteiger partial charge on any atom is 0.314 e. The second-order valence-corrected chi connectivity index (χ2v) is 10.1. The zero-order chi connectivity index (χ0) is 25.3. The van der Waals surface area contributed by atoms with Crippen molar-refractivity contribution in [3.63, 3.8) is 0 Å². The number of carbonyl (C=O) groups is 1. The molecule has 5 nitrogen and oxygen atoms in total. The lowest BCUT2D eigenvalue weighted by molar-refractivity contribution is -0.140. The number of aromatic nitrogens is 1. The van der Waals surface area contributed by atoms with Crippen LogP contribution in [0.3, 0.4) is 0 Å². The van der Waals surface area contributed by atoms with Crippen LogP contribution >= 0.6 is 0 Å². The van der Waals surface area contributed by atoms with Gasteiger partial charge in [-0.2, -0.15) is 0 Å². The minimum Gasteiger partial charge on any atom is -0.481 e. The summed E-state index contributed by atoms with van der Waals surface area (Å²) in [7, 11) is 0. The lowest BCUT2D eigenvalue weighted by Crippen LogP contribution is -2.19. The van der Waals surface area contributed by atoms with E-state index in [0.717, 1.165) is 51.3 Å². The quantitative estimate of drug-likeness (QED) is 0.277. The SMILES string of the molecule is Cc1noc(-c2ccc(-c3ccc(C4(C(=O)O)CC4)cc3)cc2)c1CC(C)CC(O)c1ccccc1. The molecule has 184 valence electrons. The smallest absolute Gasteiger partial charge is 0.314 e. The van der Waals surface area contributed by atoms with Crippen molar-refractivity contribution in [1.82, 2.24) is 5.16 Å². The Balaban J connectivity index is 1.30. The summed E-state index contributed by atoms with van der Waals surface area (Å²) in [6, 6.07) is 25.8. The van der Waals surface area contributed by atoms with Gasteiger partial charge in [-0.25, -0.2) is 0 Å². The number of aliphatic carboxylic acids is 1. The highest BCUT2D eigenvalue weighted by Crippen LogP contribution is 2.48. The predicted octanol–water partition coefficient (Wildman–Crippen LogP) is 6.74. The maximum absolute atomic E-state index is 11.6. The number of nitrogens with zero attached hydrogens (tertiary/aromatic N) is 1. The number of carboxylic acids is 1. The molecule has 0 bridgehead atoms. The van der Waals surface area contributed by atoms with Crippen LogP contribution in [-0.4, -0.2) is 21.3 Å². The topological polar surface area (TPSA) is 83.6 Å². The van der Waals surface area contributed by atoms with Gasteiger partial charge >= 0.3 is 5.97 Å². The van der Waals surface area contributed by atoms with E-state index in [-0.39, 0.29) is 5.92 Å². The molecule has 2 atom stereocenters. The van der Waals surface area contributed by atoms with Crippen molar-refractivity contribution in [3.8, 4) is 22.5 Å². The Morgan fingerprint density at radius 3 is 2.11 bits per heavy atom. The molecule has 0 aliphatic heterocycles. The molecule has 2 N–H and O–H groups in total. The summed E-state index contributed by atoms with van der Waals surface area (Å²) >= 11 is 0. The van der Waals surface area contributed by atoms with E-state index >= 15 is 0 Å². The highest BCUT2D eigenvalue weighted by atomic mass is 16.5. The fraction of sp³-hybridized carbons (Fsp3) is 0.290. The molecule has 0 saturated heterocycles. The summed E-state index contributed by atoms with van der Waals surface area (Å²) in [6.45, 7) is 4.10. The van der Waals surface area contributed by atoms with Gasteiger partial charge in [-0.3, -0.25) is 4.79 Å². The number of aliphatic hydroxyl groups is 1. The van der Waals surface area contributed by atoms with Crippen LogP contribution in [0.1, 0.15) is 54.7 Å². The molecular formula is C31H31NO4. The molecule has 1 saturated carbocycles. The van der Waals surface area contributed by atoms with Crippen LogP contribution < -0.4 is 0 Å². The summed E-state index contributed by atoms with van der Waals surface area (Å²) in [6.07, 6.45) is 2.34. The molecule has 0 spiro atoms. The fourth-order valence-electron chi connectivity index (χ4n) is 5.03. The van der Waals surface area contributed by atoms with E-state index in [1.54, 1.807) is 0 Å². The van der Waals surface area contributed by atoms with Gasteiger partial charge in [0.05, 0.1) is 17.2 Å². The van der Waals surface area contributed by atoms with Crippen molar-refractivity contribution in [2.24, 2.45) is 5.92 Å². The second kappa shape index (κ2) is 9.75. The van der Waals surface area contributed by atoms with Crippen LogP contribution in [-0.2, 0) is 16.6 Å². The summed E-state index contributed by atoms with van der Waals surface area (Å²) < 4.78 is 5.73. The average Bonchev–Trinajstić information content (AvgIpc) is 3.64. The maximum atomic E-state index is 11.6. The van der Waals surface area contributed by atoms with Gasteiger partial charge in [0.25, 0.3) is 0 Å². The Hall–Kier alpha value is -3.70. The van der Waals surface area contributed by atoms with Gasteiger partial charge in [0.1, 0.15) is 0 Å². The van der Waals surface area contributed by atoms with E-state index in [1.807, 2.05) is 73.7 Å². The summed E-state index contributed by atoms with van der Waals surface area (Å²) in [5.74, 6) is 0.282. The third-order valence-corrected chi connectivity index (χ3v) is 7.42. The number of hydrogen-bond donors (Lipinski definition) is 2. The lowest BCUT2D eigenvalue weighted by atomic mass is 9.90. The number of benzene rings is 3. The van der Waals surface area contributed by atoms with Crippen LogP contribution in [0.2, 0.25) is 0 Å². The predicted molar refractivity (Wildman–Crippen MR) is 140 cm³/mol. The van der Waals surface area contributed by atoms with Crippen LogP contribution in [0.25, 0.3) is 22.5 Å². The van der Waals surface area contributed by atoms with Crippen molar-refractivity contribution in [2.45, 2.75) is 51.0 Å². The third kappa shape index (κ3) is 4.71. The minimum absolute atomic E-state index is 0.246. The highest BCUT2D eigenvalue weighted by molar-refractivity contribution is 5.85. The van der Waals surface area contributed by atoms with Crippen molar-refractivity contribution in [2.75, 3.05) is 0 Å². The normalized spacial score (nSPS) is 15.9. The molecule has 36 heavy (non-hydrogen) atoms. The van der Waals surface area contributed by atoms with Crippen molar-refractivity contribution in [3.05, 3.63) is 101 Å². The fourth-order valence-corrected chi connectivity index (χ4v) is 5.03. The van der Waals surface area contributed by atoms with Crippen LogP contribution in [0, 0.1) is 12.8 Å². The number of aliphatic hydroxyl groups excluding tert-OH is 1. The van der Waals surface area contributed by atoms with E-state index in [4.69, 9.17) is 4.52 Å². The minimum atomic E-state index is -0.735. The van der Waals surface area contributed by atoms with E-state index < -0.39 is 17.5 Å². The van der Waals surface area contributed by atoms with Gasteiger partial charge in [-0.15, -0.1) is 0 Å². The summed E-state index contributed by atoms with van der Waals surface area (Å²) in [5.41, 5.74) is 6.14. The molecule has 5 rings (SSSR count). The highest BCUT2D eigenvalue weighted by Gasteiger charge is 2.51. The molecule has 1 fully saturated rings. The molecule has 1 aromatic heterocycles. The Morgan fingerprint density at radius 2 is 1.53 bits per heavy atom. The Bertz CT molecular complexity index is 1340. The van der Waals surface area contributed by atoms with Gasteiger partial charge in [0.15, 0.2) is 5.76 Å². The molecule has 3 aromatic carbocycles. The zero-order valence-corrected chi connectivity index (χ0v) is 20.6. The Labute approximate surface area is 211 Å². The molecule has 1 aliphatic rings. The van der Waals surface area contributed by atoms with Crippen LogP contribution in [0.4, 0.5) is 0 Å². The molecule has 1 aliphatic carbocycles. The lowest BCUT2D eigenvalue weighted by Gasteiger charge is -2.17. The first-order chi connectivity index (χ1) is 17.4. The Morgan fingerprint density at radius 1 is 0.944 bits per heavy atom. The molecule has 0 radical (unpaired) electrons. The molecule has 4 aromatic rings. The van der Waals surface area contributed by atoms with Crippen LogP contribution in [0.15, 0.2) is 83.4 Å². The van der Waals surface area contributed by atoms with Crippen molar-refractivity contribution < 1.29 is 19.5 Å². The van der Waals surface area contributed by atoms with E-state index in [1.165, 1.54) is 0 Å². The largest absolute Gasteiger partial charge is 0.481 e. The van der Waals surface area contributed by atoms with Gasteiger partial charge in [-0.05, 0) is 60.8 Å².